The maximum absolute atomic E-state index is 13.3. The van der Waals surface area contributed by atoms with Crippen molar-refractivity contribution >= 4 is 22.5 Å². The summed E-state index contributed by atoms with van der Waals surface area (Å²) >= 11 is 0. The lowest BCUT2D eigenvalue weighted by atomic mass is 9.98. The monoisotopic (exact) mass is 386 g/mol. The first kappa shape index (κ1) is 18.1. The summed E-state index contributed by atoms with van der Waals surface area (Å²) in [7, 11) is 1.99. The Hall–Kier alpha value is -2.92. The highest BCUT2D eigenvalue weighted by Crippen LogP contribution is 2.47. The molecule has 2 N–H and O–H groups in total. The minimum absolute atomic E-state index is 0.00781. The summed E-state index contributed by atoms with van der Waals surface area (Å²) in [5.74, 6) is 0.00781. The van der Waals surface area contributed by atoms with Gasteiger partial charge in [-0.2, -0.15) is 0 Å². The second-order valence-corrected chi connectivity index (χ2v) is 8.30. The average molecular weight is 386 g/mol. The summed E-state index contributed by atoms with van der Waals surface area (Å²) < 4.78 is 0. The number of fused-ring (bicyclic) bond motifs is 1. The molecule has 5 heteroatoms. The minimum atomic E-state index is -0.282. The molecule has 148 valence electrons. The fourth-order valence-electron chi connectivity index (χ4n) is 4.31. The molecule has 2 aromatic carbocycles. The summed E-state index contributed by atoms with van der Waals surface area (Å²) in [6, 6.07) is 16.9. The molecule has 2 aliphatic rings. The van der Waals surface area contributed by atoms with E-state index in [-0.39, 0.29) is 11.4 Å². The van der Waals surface area contributed by atoms with Crippen LogP contribution < -0.4 is 15.5 Å². The molecule has 0 radical (unpaired) electrons. The highest BCUT2D eigenvalue weighted by molar-refractivity contribution is 5.98. The second kappa shape index (κ2) is 6.85. The molecule has 29 heavy (non-hydrogen) atoms. The molecule has 2 fully saturated rings. The van der Waals surface area contributed by atoms with Gasteiger partial charge in [0.2, 0.25) is 0 Å². The number of nitrogens with one attached hydrogen (secondary N) is 2. The number of carbonyl (C=O) groups excluding carboxylic acids is 1. The van der Waals surface area contributed by atoms with Gasteiger partial charge in [0.15, 0.2) is 0 Å². The minimum Gasteiger partial charge on any atom is -0.368 e. The van der Waals surface area contributed by atoms with E-state index >= 15 is 0 Å². The van der Waals surface area contributed by atoms with Crippen LogP contribution in [-0.4, -0.2) is 37.1 Å². The third kappa shape index (κ3) is 3.15. The van der Waals surface area contributed by atoms with Crippen molar-refractivity contribution in [2.45, 2.75) is 31.3 Å². The molecule has 1 saturated heterocycles. The predicted octanol–water partition coefficient (Wildman–Crippen LogP) is 3.37. The first-order chi connectivity index (χ1) is 14.1. The normalized spacial score (nSPS) is 17.8. The quantitative estimate of drug-likeness (QED) is 0.706. The number of amides is 1. The number of carbonyl (C=O) groups is 1. The van der Waals surface area contributed by atoms with Crippen molar-refractivity contribution in [1.29, 1.82) is 0 Å². The van der Waals surface area contributed by atoms with Gasteiger partial charge < -0.3 is 15.5 Å². The fraction of sp³-hybridized carbons (Fsp3) is 0.333. The van der Waals surface area contributed by atoms with E-state index in [0.29, 0.717) is 6.04 Å². The number of likely N-dealkylation sites (N-methyl/N-ethyl adjacent to an activating group) is 1. The molecule has 3 aromatic rings. The lowest BCUT2D eigenvalue weighted by molar-refractivity contribution is 0.0930. The third-order valence-corrected chi connectivity index (χ3v) is 6.39. The zero-order valence-electron chi connectivity index (χ0n) is 16.9. The van der Waals surface area contributed by atoms with Crippen LogP contribution in [0, 0.1) is 6.92 Å². The lowest BCUT2D eigenvalue weighted by Gasteiger charge is -2.41. The number of aryl methyl sites for hydroxylation is 1. The zero-order chi connectivity index (χ0) is 20.0. The Morgan fingerprint density at radius 2 is 1.93 bits per heavy atom. The summed E-state index contributed by atoms with van der Waals surface area (Å²) in [5.41, 5.74) is 4.75. The molecular formula is C24H26N4O. The molecule has 2 heterocycles. The molecule has 1 amide bonds. The van der Waals surface area contributed by atoms with Crippen molar-refractivity contribution in [3.8, 4) is 0 Å². The Morgan fingerprint density at radius 1 is 1.14 bits per heavy atom. The van der Waals surface area contributed by atoms with E-state index in [1.165, 1.54) is 5.56 Å². The zero-order valence-corrected chi connectivity index (χ0v) is 16.9. The van der Waals surface area contributed by atoms with Crippen LogP contribution >= 0.6 is 0 Å². The van der Waals surface area contributed by atoms with Gasteiger partial charge in [0, 0.05) is 42.0 Å². The average Bonchev–Trinajstić information content (AvgIpc) is 3.48. The Kier molecular flexibility index (Phi) is 4.28. The smallest absolute Gasteiger partial charge is 0.252 e. The third-order valence-electron chi connectivity index (χ3n) is 6.39. The molecule has 1 saturated carbocycles. The molecule has 0 bridgehead atoms. The van der Waals surface area contributed by atoms with Crippen LogP contribution in [0.4, 0.5) is 5.69 Å². The van der Waals surface area contributed by atoms with Gasteiger partial charge in [0.1, 0.15) is 0 Å². The second-order valence-electron chi connectivity index (χ2n) is 8.30. The molecule has 5 rings (SSSR count). The summed E-state index contributed by atoms with van der Waals surface area (Å²) in [6.45, 7) is 3.97. The summed E-state index contributed by atoms with van der Waals surface area (Å²) in [4.78, 5) is 20.1. The number of hydrogen-bond acceptors (Lipinski definition) is 4. The van der Waals surface area contributed by atoms with E-state index in [9.17, 15) is 4.79 Å². The largest absolute Gasteiger partial charge is 0.368 e. The Balaban J connectivity index is 1.42. The number of pyridine rings is 1. The Bertz CT molecular complexity index is 1080. The van der Waals surface area contributed by atoms with E-state index < -0.39 is 0 Å². The van der Waals surface area contributed by atoms with Crippen LogP contribution in [0.1, 0.15) is 34.3 Å². The van der Waals surface area contributed by atoms with E-state index in [2.05, 4.69) is 44.8 Å². The summed E-state index contributed by atoms with van der Waals surface area (Å²) in [6.07, 6.45) is 3.76. The Morgan fingerprint density at radius 3 is 2.69 bits per heavy atom. The fourth-order valence-corrected chi connectivity index (χ4v) is 4.31. The number of hydrogen-bond donors (Lipinski definition) is 2. The number of rotatable bonds is 5. The van der Waals surface area contributed by atoms with Gasteiger partial charge >= 0.3 is 0 Å². The number of aromatic nitrogens is 1. The van der Waals surface area contributed by atoms with Gasteiger partial charge in [-0.25, -0.2) is 0 Å². The van der Waals surface area contributed by atoms with Crippen LogP contribution in [0.15, 0.2) is 54.7 Å². The summed E-state index contributed by atoms with van der Waals surface area (Å²) in [5, 5.41) is 7.78. The van der Waals surface area contributed by atoms with Gasteiger partial charge in [-0.3, -0.25) is 9.78 Å². The van der Waals surface area contributed by atoms with E-state index in [4.69, 9.17) is 0 Å². The van der Waals surface area contributed by atoms with Crippen molar-refractivity contribution in [3.05, 3.63) is 71.4 Å². The number of benzene rings is 2. The first-order valence-corrected chi connectivity index (χ1v) is 10.3. The van der Waals surface area contributed by atoms with Crippen LogP contribution in [-0.2, 0) is 5.54 Å². The van der Waals surface area contributed by atoms with Gasteiger partial charge in [0.25, 0.3) is 5.91 Å². The van der Waals surface area contributed by atoms with Gasteiger partial charge in [0.05, 0.1) is 11.1 Å². The molecule has 1 aliphatic carbocycles. The van der Waals surface area contributed by atoms with Crippen LogP contribution in [0.2, 0.25) is 0 Å². The van der Waals surface area contributed by atoms with Crippen LogP contribution in [0.3, 0.4) is 0 Å². The van der Waals surface area contributed by atoms with Gasteiger partial charge in [-0.1, -0.05) is 24.3 Å². The molecule has 1 aromatic heterocycles. The topological polar surface area (TPSA) is 57.3 Å². The molecular weight excluding hydrogens is 360 g/mol. The van der Waals surface area contributed by atoms with Crippen LogP contribution in [0.5, 0.6) is 0 Å². The van der Waals surface area contributed by atoms with E-state index in [0.717, 1.165) is 53.6 Å². The first-order valence-electron chi connectivity index (χ1n) is 10.3. The molecule has 5 nitrogen and oxygen atoms in total. The maximum Gasteiger partial charge on any atom is 0.252 e. The van der Waals surface area contributed by atoms with E-state index in [1.807, 2.05) is 44.4 Å². The van der Waals surface area contributed by atoms with Crippen molar-refractivity contribution in [1.82, 2.24) is 15.6 Å². The molecule has 0 unspecified atom stereocenters. The molecule has 0 spiro atoms. The number of anilines is 1. The van der Waals surface area contributed by atoms with Gasteiger partial charge in [-0.05, 0) is 62.2 Å². The number of nitrogens with zero attached hydrogens (tertiary/aromatic N) is 2. The number of para-hydroxylation sites is 1. The van der Waals surface area contributed by atoms with Crippen molar-refractivity contribution in [2.24, 2.45) is 0 Å². The predicted molar refractivity (Wildman–Crippen MR) is 116 cm³/mol. The Labute approximate surface area is 171 Å². The van der Waals surface area contributed by atoms with Crippen molar-refractivity contribution < 1.29 is 4.79 Å². The van der Waals surface area contributed by atoms with Crippen molar-refractivity contribution in [3.63, 3.8) is 0 Å². The maximum atomic E-state index is 13.3. The van der Waals surface area contributed by atoms with Crippen molar-refractivity contribution in [2.75, 3.05) is 25.0 Å². The molecule has 0 atom stereocenters. The highest BCUT2D eigenvalue weighted by Gasteiger charge is 2.47. The molecule has 1 aliphatic heterocycles. The SMILES string of the molecule is CNC1CN(c2ccc(C)c(C(=O)NC3(c4ccnc5ccccc45)CC3)c2)C1. The van der Waals surface area contributed by atoms with E-state index in [1.54, 1.807) is 0 Å². The standard InChI is InChI=1S/C24H26N4O/c1-16-7-8-18(28-14-17(15-28)25-2)13-20(16)23(29)27-24(10-11-24)21-9-12-26-22-6-4-3-5-19(21)22/h3-9,12-13,17,25H,10-11,14-15H2,1-2H3,(H,27,29). The van der Waals surface area contributed by atoms with Crippen LogP contribution in [0.25, 0.3) is 10.9 Å². The highest BCUT2D eigenvalue weighted by atomic mass is 16.1. The van der Waals surface area contributed by atoms with Gasteiger partial charge in [-0.15, -0.1) is 0 Å². The lowest BCUT2D eigenvalue weighted by Crippen LogP contribution is -2.57.